The number of benzene rings is 1. The second-order valence-electron chi connectivity index (χ2n) is 9.61. The van der Waals surface area contributed by atoms with E-state index in [1.165, 1.54) is 16.7 Å². The number of aliphatic carboxylic acids is 1. The number of carboxylic acids is 1. The van der Waals surface area contributed by atoms with E-state index in [0.717, 1.165) is 16.5 Å². The van der Waals surface area contributed by atoms with Crippen LogP contribution in [0.3, 0.4) is 0 Å². The first-order valence-electron chi connectivity index (χ1n) is 12.3. The fraction of sp³-hybridized carbons (Fsp3) is 0.520. The lowest BCUT2D eigenvalue weighted by Crippen LogP contribution is -2.58. The molecule has 2 aliphatic heterocycles. The highest BCUT2D eigenvalue weighted by Crippen LogP contribution is 2.27. The van der Waals surface area contributed by atoms with Crippen molar-refractivity contribution in [2.75, 3.05) is 13.1 Å². The average Bonchev–Trinajstić information content (AvgIpc) is 3.62. The number of rotatable bonds is 8. The monoisotopic (exact) mass is 499 g/mol. The van der Waals surface area contributed by atoms with Crippen LogP contribution in [-0.4, -0.2) is 92.0 Å². The normalized spacial score (nSPS) is 22.4. The van der Waals surface area contributed by atoms with Crippen LogP contribution in [0.1, 0.15) is 38.2 Å². The van der Waals surface area contributed by atoms with Gasteiger partial charge in [0.05, 0.1) is 6.10 Å². The zero-order valence-electron chi connectivity index (χ0n) is 20.2. The summed E-state index contributed by atoms with van der Waals surface area (Å²) in [7, 11) is 0. The van der Waals surface area contributed by atoms with Crippen LogP contribution in [0.4, 0.5) is 0 Å². The summed E-state index contributed by atoms with van der Waals surface area (Å²) in [6.45, 7) is 2.06. The van der Waals surface area contributed by atoms with E-state index in [0.29, 0.717) is 38.8 Å². The van der Waals surface area contributed by atoms with Crippen LogP contribution in [-0.2, 0) is 25.6 Å². The molecule has 1 aromatic carbocycles. The van der Waals surface area contributed by atoms with E-state index in [4.69, 9.17) is 5.73 Å². The summed E-state index contributed by atoms with van der Waals surface area (Å²) in [6.07, 6.45) is 2.82. The molecule has 0 spiro atoms. The molecule has 6 N–H and O–H groups in total. The molecular formula is C25H33N5O6. The summed E-state index contributed by atoms with van der Waals surface area (Å²) >= 11 is 0. The smallest absolute Gasteiger partial charge is 0.326 e. The molecule has 2 aliphatic rings. The van der Waals surface area contributed by atoms with Crippen molar-refractivity contribution in [1.29, 1.82) is 0 Å². The van der Waals surface area contributed by atoms with Crippen molar-refractivity contribution in [3.8, 4) is 0 Å². The Balaban J connectivity index is 1.59. The number of fused-ring (bicyclic) bond motifs is 1. The summed E-state index contributed by atoms with van der Waals surface area (Å²) < 4.78 is 0. The summed E-state index contributed by atoms with van der Waals surface area (Å²) in [5.41, 5.74) is 7.51. The predicted octanol–water partition coefficient (Wildman–Crippen LogP) is -0.0301. The van der Waals surface area contributed by atoms with Gasteiger partial charge in [-0.1, -0.05) is 18.2 Å². The van der Waals surface area contributed by atoms with Gasteiger partial charge < -0.3 is 36.0 Å². The third-order valence-corrected chi connectivity index (χ3v) is 7.18. The molecule has 0 radical (unpaired) electrons. The number of hydrogen-bond acceptors (Lipinski definition) is 6. The highest BCUT2D eigenvalue weighted by molar-refractivity contribution is 5.95. The van der Waals surface area contributed by atoms with Crippen molar-refractivity contribution in [2.45, 2.75) is 69.3 Å². The van der Waals surface area contributed by atoms with Gasteiger partial charge in [0.15, 0.2) is 0 Å². The lowest BCUT2D eigenvalue weighted by atomic mass is 10.0. The Morgan fingerprint density at radius 3 is 2.47 bits per heavy atom. The Hall–Kier alpha value is -3.44. The Morgan fingerprint density at radius 2 is 1.78 bits per heavy atom. The average molecular weight is 500 g/mol. The molecule has 194 valence electrons. The van der Waals surface area contributed by atoms with Gasteiger partial charge in [0.2, 0.25) is 17.7 Å². The maximum atomic E-state index is 13.8. The van der Waals surface area contributed by atoms with E-state index >= 15 is 0 Å². The zero-order chi connectivity index (χ0) is 26.0. The summed E-state index contributed by atoms with van der Waals surface area (Å²) in [6, 6.07) is 3.66. The van der Waals surface area contributed by atoms with Crippen LogP contribution in [0.5, 0.6) is 0 Å². The molecule has 1 aromatic heterocycles. The van der Waals surface area contributed by atoms with Gasteiger partial charge in [-0.25, -0.2) is 4.79 Å². The predicted molar refractivity (Wildman–Crippen MR) is 131 cm³/mol. The molecule has 0 saturated carbocycles. The molecule has 11 heteroatoms. The second kappa shape index (κ2) is 10.7. The van der Waals surface area contributed by atoms with Crippen molar-refractivity contribution in [3.63, 3.8) is 0 Å². The van der Waals surface area contributed by atoms with Gasteiger partial charge >= 0.3 is 5.97 Å². The Morgan fingerprint density at radius 1 is 1.11 bits per heavy atom. The largest absolute Gasteiger partial charge is 0.480 e. The highest BCUT2D eigenvalue weighted by Gasteiger charge is 2.43. The lowest BCUT2D eigenvalue weighted by Gasteiger charge is -2.32. The van der Waals surface area contributed by atoms with Crippen molar-refractivity contribution in [1.82, 2.24) is 20.1 Å². The standard InChI is InChI=1S/C25H33N5O6/c1-14(31)21(26)22(32)28-18(12-15-13-27-17-7-3-2-6-16(15)17)23(33)29-10-4-8-19(29)24(34)30-11-5-9-20(30)25(35)36/h2-3,6-7,13-14,18-21,27,31H,4-5,8-12,26H2,1H3,(H,28,32)(H,35,36). The maximum absolute atomic E-state index is 13.8. The Bertz CT molecular complexity index is 1150. The SMILES string of the molecule is CC(O)C(N)C(=O)NC(Cc1c[nH]c2ccccc12)C(=O)N1CCCC1C(=O)N1CCCC1C(=O)O. The molecule has 36 heavy (non-hydrogen) atoms. The van der Waals surface area contributed by atoms with Crippen molar-refractivity contribution >= 4 is 34.6 Å². The van der Waals surface area contributed by atoms with Gasteiger partial charge in [0.25, 0.3) is 0 Å². The lowest BCUT2D eigenvalue weighted by molar-refractivity contribution is -0.152. The first kappa shape index (κ1) is 25.6. The third-order valence-electron chi connectivity index (χ3n) is 7.18. The quantitative estimate of drug-likeness (QED) is 0.340. The van der Waals surface area contributed by atoms with Gasteiger partial charge in [-0.2, -0.15) is 0 Å². The molecule has 3 amide bonds. The zero-order valence-corrected chi connectivity index (χ0v) is 20.2. The van der Waals surface area contributed by atoms with E-state index in [9.17, 15) is 29.4 Å². The van der Waals surface area contributed by atoms with Crippen molar-refractivity contribution in [2.24, 2.45) is 5.73 Å². The maximum Gasteiger partial charge on any atom is 0.326 e. The van der Waals surface area contributed by atoms with Crippen molar-refractivity contribution < 1.29 is 29.4 Å². The molecule has 0 aliphatic carbocycles. The van der Waals surface area contributed by atoms with Gasteiger partial charge in [-0.3, -0.25) is 14.4 Å². The minimum Gasteiger partial charge on any atom is -0.480 e. The van der Waals surface area contributed by atoms with Crippen LogP contribution in [0.25, 0.3) is 10.9 Å². The molecule has 2 aromatic rings. The number of aromatic nitrogens is 1. The third kappa shape index (κ3) is 5.07. The number of nitrogens with two attached hydrogens (primary N) is 1. The molecule has 2 fully saturated rings. The molecule has 5 atom stereocenters. The second-order valence-corrected chi connectivity index (χ2v) is 9.61. The van der Waals surface area contributed by atoms with Gasteiger partial charge in [-0.15, -0.1) is 0 Å². The van der Waals surface area contributed by atoms with E-state index in [-0.39, 0.29) is 12.3 Å². The van der Waals surface area contributed by atoms with Gasteiger partial charge in [-0.05, 0) is 44.2 Å². The fourth-order valence-electron chi connectivity index (χ4n) is 5.17. The number of likely N-dealkylation sites (tertiary alicyclic amines) is 2. The van der Waals surface area contributed by atoms with Gasteiger partial charge in [0.1, 0.15) is 24.2 Å². The first-order chi connectivity index (χ1) is 17.2. The molecule has 2 saturated heterocycles. The summed E-state index contributed by atoms with van der Waals surface area (Å²) in [4.78, 5) is 57.4. The number of nitrogens with one attached hydrogen (secondary N) is 2. The number of carbonyl (C=O) groups excluding carboxylic acids is 3. The number of carboxylic acid groups (broad SMARTS) is 1. The van der Waals surface area contributed by atoms with E-state index in [1.54, 1.807) is 6.20 Å². The Labute approximate surface area is 208 Å². The summed E-state index contributed by atoms with van der Waals surface area (Å²) in [5.74, 6) is -2.53. The van der Waals surface area contributed by atoms with Crippen molar-refractivity contribution in [3.05, 3.63) is 36.0 Å². The minimum absolute atomic E-state index is 0.153. The number of hydrogen-bond donors (Lipinski definition) is 5. The molecular weight excluding hydrogens is 466 g/mol. The topological polar surface area (TPSA) is 169 Å². The van der Waals surface area contributed by atoms with Crippen LogP contribution in [0.15, 0.2) is 30.5 Å². The minimum atomic E-state index is -1.22. The van der Waals surface area contributed by atoms with E-state index in [1.807, 2.05) is 24.3 Å². The highest BCUT2D eigenvalue weighted by atomic mass is 16.4. The molecule has 4 rings (SSSR count). The molecule has 3 heterocycles. The molecule has 0 bridgehead atoms. The van der Waals surface area contributed by atoms with E-state index < -0.39 is 48.1 Å². The first-order valence-corrected chi connectivity index (χ1v) is 12.3. The molecule has 5 unspecified atom stereocenters. The number of H-pyrrole nitrogens is 1. The number of nitrogens with zero attached hydrogens (tertiary/aromatic N) is 2. The number of aliphatic hydroxyl groups excluding tert-OH is 1. The number of carbonyl (C=O) groups is 4. The van der Waals surface area contributed by atoms with Crippen LogP contribution < -0.4 is 11.1 Å². The fourth-order valence-corrected chi connectivity index (χ4v) is 5.17. The summed E-state index contributed by atoms with van der Waals surface area (Å²) in [5, 5.41) is 22.9. The number of aromatic amines is 1. The number of aliphatic hydroxyl groups is 1. The number of para-hydroxylation sites is 1. The van der Waals surface area contributed by atoms with E-state index in [2.05, 4.69) is 10.3 Å². The van der Waals surface area contributed by atoms with Crippen LogP contribution in [0.2, 0.25) is 0 Å². The van der Waals surface area contributed by atoms with Crippen LogP contribution in [0, 0.1) is 0 Å². The Kier molecular flexibility index (Phi) is 7.60. The molecule has 11 nitrogen and oxygen atoms in total. The van der Waals surface area contributed by atoms with Crippen LogP contribution >= 0.6 is 0 Å². The van der Waals surface area contributed by atoms with Gasteiger partial charge in [0, 0.05) is 36.6 Å². The number of amides is 3.